The van der Waals surface area contributed by atoms with Gasteiger partial charge in [-0.05, 0) is 80.8 Å². The fourth-order valence-corrected chi connectivity index (χ4v) is 8.98. The van der Waals surface area contributed by atoms with E-state index in [1.807, 2.05) is 0 Å². The number of methoxy groups -OCH3 is 1. The lowest BCUT2D eigenvalue weighted by Crippen LogP contribution is -2.52. The van der Waals surface area contributed by atoms with E-state index in [4.69, 9.17) is 0 Å². The van der Waals surface area contributed by atoms with Crippen molar-refractivity contribution >= 4 is 40.7 Å². The van der Waals surface area contributed by atoms with E-state index < -0.39 is 40.6 Å². The molecule has 4 saturated carbocycles. The summed E-state index contributed by atoms with van der Waals surface area (Å²) in [7, 11) is 1.19. The Hall–Kier alpha value is -4.01. The smallest absolute Gasteiger partial charge is 0.443 e. The van der Waals surface area contributed by atoms with Crippen molar-refractivity contribution in [3.05, 3.63) is 56.4 Å². The lowest BCUT2D eigenvalue weighted by Gasteiger charge is -2.41. The number of esters is 1. The van der Waals surface area contributed by atoms with E-state index in [1.54, 1.807) is 0 Å². The number of hydrogen-bond acceptors (Lipinski definition) is 8. The van der Waals surface area contributed by atoms with E-state index in [-0.39, 0.29) is 69.3 Å². The molecule has 0 spiro atoms. The maximum Gasteiger partial charge on any atom is 0.443 e. The molecule has 0 aliphatic heterocycles. The molecule has 3 amide bonds. The molecule has 4 aliphatic carbocycles. The minimum Gasteiger partial charge on any atom is -0.466 e. The van der Waals surface area contributed by atoms with Gasteiger partial charge in [0.15, 0.2) is 5.01 Å². The fraction of sp³-hybridized carbons (Fsp3) is 0.562. The number of ether oxygens (including phenoxy) is 1. The van der Waals surface area contributed by atoms with Crippen LogP contribution in [0, 0.1) is 23.7 Å². The van der Waals surface area contributed by atoms with Crippen molar-refractivity contribution in [2.24, 2.45) is 16.7 Å². The van der Waals surface area contributed by atoms with Crippen molar-refractivity contribution in [1.82, 2.24) is 20.2 Å². The molecule has 2 unspecified atom stereocenters. The number of nitrogens with one attached hydrogen (secondary N) is 3. The van der Waals surface area contributed by atoms with Gasteiger partial charge in [0.25, 0.3) is 11.5 Å². The zero-order valence-corrected chi connectivity index (χ0v) is 27.4. The van der Waals surface area contributed by atoms with E-state index in [2.05, 4.69) is 39.5 Å². The average Bonchev–Trinajstić information content (AvgIpc) is 3.50. The Morgan fingerprint density at radius 1 is 1.17 bits per heavy atom. The number of pyridine rings is 1. The Labute approximate surface area is 273 Å². The highest BCUT2D eigenvalue weighted by Gasteiger charge is 2.68. The lowest BCUT2D eigenvalue weighted by atomic mass is 9.71. The zero-order valence-electron chi connectivity index (χ0n) is 26.6. The topological polar surface area (TPSA) is 148 Å². The third kappa shape index (κ3) is 6.99. The maximum absolute atomic E-state index is 13.4. The van der Waals surface area contributed by atoms with E-state index in [0.717, 1.165) is 25.3 Å². The van der Waals surface area contributed by atoms with Gasteiger partial charge in [-0.15, -0.1) is 11.3 Å². The van der Waals surface area contributed by atoms with Crippen LogP contribution < -0.4 is 21.5 Å². The number of halogens is 3. The monoisotopic (exact) mass is 677 g/mol. The van der Waals surface area contributed by atoms with Gasteiger partial charge in [0, 0.05) is 17.8 Å². The van der Waals surface area contributed by atoms with Crippen molar-refractivity contribution < 1.29 is 37.1 Å². The third-order valence-corrected chi connectivity index (χ3v) is 11.2. The summed E-state index contributed by atoms with van der Waals surface area (Å²) >= 11 is 0.149. The summed E-state index contributed by atoms with van der Waals surface area (Å²) in [6.07, 6.45) is 4.34. The molecule has 2 aromatic heterocycles. The van der Waals surface area contributed by atoms with Gasteiger partial charge in [-0.25, -0.2) is 9.78 Å². The van der Waals surface area contributed by atoms with Gasteiger partial charge in [-0.1, -0.05) is 19.9 Å². The molecule has 2 heterocycles. The molecular formula is C32H38F3N5O6S. The minimum absolute atomic E-state index is 0.0700. The second-order valence-corrected chi connectivity index (χ2v) is 14.6. The molecule has 2 aromatic rings. The van der Waals surface area contributed by atoms with Crippen molar-refractivity contribution in [1.29, 1.82) is 0 Å². The van der Waals surface area contributed by atoms with Gasteiger partial charge in [0.05, 0.1) is 12.8 Å². The second-order valence-electron chi connectivity index (χ2n) is 13.6. The Balaban J connectivity index is 1.28. The zero-order chi connectivity index (χ0) is 34.4. The molecule has 4 aliphatic rings. The van der Waals surface area contributed by atoms with Gasteiger partial charge >= 0.3 is 12.1 Å². The van der Waals surface area contributed by atoms with Crippen molar-refractivity contribution in [2.45, 2.75) is 90.0 Å². The number of carbonyl (C=O) groups is 4. The number of rotatable bonds is 11. The highest BCUT2D eigenvalue weighted by Crippen LogP contribution is 2.73. The molecule has 0 saturated heterocycles. The summed E-state index contributed by atoms with van der Waals surface area (Å²) in [5.41, 5.74) is -0.875. The third-order valence-electron chi connectivity index (χ3n) is 10.0. The average molecular weight is 678 g/mol. The van der Waals surface area contributed by atoms with E-state index in [1.165, 1.54) is 55.8 Å². The first-order chi connectivity index (χ1) is 22.0. The Kier molecular flexibility index (Phi) is 9.16. The second kappa shape index (κ2) is 12.5. The van der Waals surface area contributed by atoms with E-state index in [9.17, 15) is 37.1 Å². The first kappa shape index (κ1) is 34.3. The molecule has 6 rings (SSSR count). The molecule has 4 bridgehead atoms. The number of hydrogen-bond donors (Lipinski definition) is 3. The van der Waals surface area contributed by atoms with Crippen LogP contribution in [-0.2, 0) is 31.8 Å². The molecule has 4 fully saturated rings. The number of anilines is 1. The summed E-state index contributed by atoms with van der Waals surface area (Å²) < 4.78 is 45.3. The lowest BCUT2D eigenvalue weighted by molar-refractivity contribution is -0.138. The van der Waals surface area contributed by atoms with Gasteiger partial charge in [0.2, 0.25) is 11.8 Å². The SMILES string of the molecule is COC(=O)/C=C/CC[C@H](NC(=O)c1sc(C(F)(F)F)nc1C)C(=O)Nc1cccn(CC(=O)NC23CC4CC(C)(C2)C(C)(C4)C3)c1=O. The van der Waals surface area contributed by atoms with Crippen molar-refractivity contribution in [3.63, 3.8) is 0 Å². The first-order valence-electron chi connectivity index (χ1n) is 15.4. The first-order valence-corrected chi connectivity index (χ1v) is 16.2. The van der Waals surface area contributed by atoms with E-state index >= 15 is 0 Å². The predicted octanol–water partition coefficient (Wildman–Crippen LogP) is 4.35. The number of thiazole rings is 1. The van der Waals surface area contributed by atoms with Gasteiger partial charge in [-0.2, -0.15) is 13.2 Å². The van der Waals surface area contributed by atoms with Crippen LogP contribution in [-0.4, -0.2) is 51.9 Å². The Bertz CT molecular complexity index is 1670. The van der Waals surface area contributed by atoms with Gasteiger partial charge in [-0.3, -0.25) is 19.2 Å². The highest BCUT2D eigenvalue weighted by molar-refractivity contribution is 7.13. The standard InChI is InChI=1S/C32H38F3N5O6S/c1-18-24(47-28(36-18)32(33,34)35)26(44)37-20(8-5-6-10-23(42)46-4)25(43)38-21-9-7-11-40(27(21)45)15-22(41)39-31-14-19-12-29(2,16-31)30(3,13-19)17-31/h6-7,9-11,19-20H,5,8,12-17H2,1-4H3,(H,37,44)(H,38,43)(H,39,41)/b10-6+/t19?,20-,29?,30?,31?/m0/s1. The number of allylic oxidation sites excluding steroid dienone is 1. The van der Waals surface area contributed by atoms with Gasteiger partial charge in [0.1, 0.15) is 23.2 Å². The molecule has 15 heteroatoms. The number of aryl methyl sites for hydroxylation is 1. The number of nitrogens with zero attached hydrogens (tertiary/aromatic N) is 2. The molecule has 0 aromatic carbocycles. The number of carbonyl (C=O) groups excluding carboxylic acids is 4. The number of alkyl halides is 3. The quantitative estimate of drug-likeness (QED) is 0.237. The summed E-state index contributed by atoms with van der Waals surface area (Å²) in [6, 6.07) is 1.54. The van der Waals surface area contributed by atoms with Crippen LogP contribution >= 0.6 is 11.3 Å². The van der Waals surface area contributed by atoms with Crippen LogP contribution in [0.25, 0.3) is 0 Å². The predicted molar refractivity (Wildman–Crippen MR) is 166 cm³/mol. The molecule has 0 radical (unpaired) electrons. The summed E-state index contributed by atoms with van der Waals surface area (Å²) in [5.74, 6) is -2.14. The maximum atomic E-state index is 13.4. The number of aromatic nitrogens is 2. The molecule has 47 heavy (non-hydrogen) atoms. The molecule has 3 N–H and O–H groups in total. The fourth-order valence-electron chi connectivity index (χ4n) is 8.15. The minimum atomic E-state index is -4.75. The highest BCUT2D eigenvalue weighted by atomic mass is 32.1. The van der Waals surface area contributed by atoms with Crippen LogP contribution in [0.5, 0.6) is 0 Å². The summed E-state index contributed by atoms with van der Waals surface area (Å²) in [4.78, 5) is 67.5. The molecule has 11 nitrogen and oxygen atoms in total. The van der Waals surface area contributed by atoms with Crippen molar-refractivity contribution in [2.75, 3.05) is 12.4 Å². The largest absolute Gasteiger partial charge is 0.466 e. The van der Waals surface area contributed by atoms with E-state index in [0.29, 0.717) is 5.92 Å². The van der Waals surface area contributed by atoms with Crippen LogP contribution in [0.1, 0.15) is 79.2 Å². The van der Waals surface area contributed by atoms with Gasteiger partial charge < -0.3 is 25.3 Å². The Morgan fingerprint density at radius 2 is 1.85 bits per heavy atom. The van der Waals surface area contributed by atoms with Crippen LogP contribution in [0.4, 0.5) is 18.9 Å². The molecular weight excluding hydrogens is 639 g/mol. The normalized spacial score (nSPS) is 26.7. The molecule has 3 atom stereocenters. The number of amides is 3. The summed E-state index contributed by atoms with van der Waals surface area (Å²) in [5, 5.41) is 6.95. The van der Waals surface area contributed by atoms with Crippen molar-refractivity contribution in [3.8, 4) is 0 Å². The molecule has 254 valence electrons. The van der Waals surface area contributed by atoms with Crippen LogP contribution in [0.15, 0.2) is 35.3 Å². The summed E-state index contributed by atoms with van der Waals surface area (Å²) in [6.45, 7) is 5.60. The Morgan fingerprint density at radius 3 is 2.45 bits per heavy atom. The van der Waals surface area contributed by atoms with Crippen LogP contribution in [0.2, 0.25) is 0 Å². The van der Waals surface area contributed by atoms with Crippen LogP contribution in [0.3, 0.4) is 0 Å².